The van der Waals surface area contributed by atoms with Gasteiger partial charge in [-0.3, -0.25) is 13.9 Å². The average molecular weight is 443 g/mol. The predicted octanol–water partition coefficient (Wildman–Crippen LogP) is 4.90. The minimum absolute atomic E-state index is 0.0470. The molecule has 0 radical (unpaired) electrons. The lowest BCUT2D eigenvalue weighted by atomic mass is 9.89. The molecule has 6 nitrogen and oxygen atoms in total. The number of Topliss-reactive ketones (excluding diaryl/α,β-unsaturated/α-hetero) is 1. The Balaban J connectivity index is 2.12. The van der Waals surface area contributed by atoms with Gasteiger partial charge >= 0.3 is 5.69 Å². The third-order valence-corrected chi connectivity index (χ3v) is 5.71. The summed E-state index contributed by atoms with van der Waals surface area (Å²) in [6.45, 7) is 9.02. The SMILES string of the molecule is CC(F)Oc1cccc(-n2c(=O)n(C(C)C)c3cc(C(=O)C[C@H](CO)C(C)C)ccc32)c1. The van der Waals surface area contributed by atoms with E-state index in [0.717, 1.165) is 0 Å². The van der Waals surface area contributed by atoms with E-state index in [1.807, 2.05) is 27.7 Å². The quantitative estimate of drug-likeness (QED) is 0.478. The van der Waals surface area contributed by atoms with Crippen LogP contribution in [0, 0.1) is 11.8 Å². The van der Waals surface area contributed by atoms with E-state index in [1.165, 1.54) is 6.92 Å². The maximum atomic E-state index is 13.4. The van der Waals surface area contributed by atoms with Crippen molar-refractivity contribution in [1.82, 2.24) is 9.13 Å². The van der Waals surface area contributed by atoms with E-state index in [0.29, 0.717) is 28.0 Å². The van der Waals surface area contributed by atoms with Crippen molar-refractivity contribution in [2.75, 3.05) is 6.61 Å². The van der Waals surface area contributed by atoms with E-state index in [-0.39, 0.29) is 42.4 Å². The molecule has 3 aromatic rings. The van der Waals surface area contributed by atoms with Crippen molar-refractivity contribution < 1.29 is 19.0 Å². The molecule has 0 saturated carbocycles. The van der Waals surface area contributed by atoms with Crippen molar-refractivity contribution >= 4 is 16.8 Å². The molecule has 172 valence electrons. The van der Waals surface area contributed by atoms with E-state index in [4.69, 9.17) is 4.74 Å². The lowest BCUT2D eigenvalue weighted by Crippen LogP contribution is -2.24. The summed E-state index contributed by atoms with van der Waals surface area (Å²) < 4.78 is 21.6. The molecule has 1 N–H and O–H groups in total. The minimum atomic E-state index is -1.47. The molecule has 32 heavy (non-hydrogen) atoms. The molecule has 0 aliphatic carbocycles. The van der Waals surface area contributed by atoms with Crippen molar-refractivity contribution in [1.29, 1.82) is 0 Å². The van der Waals surface area contributed by atoms with Gasteiger partial charge in [0.1, 0.15) is 5.75 Å². The van der Waals surface area contributed by atoms with Crippen molar-refractivity contribution in [2.24, 2.45) is 11.8 Å². The number of hydrogen-bond acceptors (Lipinski definition) is 4. The third-order valence-electron chi connectivity index (χ3n) is 5.71. The molecule has 0 amide bonds. The number of aliphatic hydroxyl groups excluding tert-OH is 1. The van der Waals surface area contributed by atoms with Crippen LogP contribution in [0.2, 0.25) is 0 Å². The summed E-state index contributed by atoms with van der Waals surface area (Å²) >= 11 is 0. The van der Waals surface area contributed by atoms with Crippen LogP contribution in [0.5, 0.6) is 5.75 Å². The van der Waals surface area contributed by atoms with E-state index in [9.17, 15) is 19.1 Å². The van der Waals surface area contributed by atoms with Crippen LogP contribution < -0.4 is 10.4 Å². The van der Waals surface area contributed by atoms with Gasteiger partial charge in [0.15, 0.2) is 5.78 Å². The number of fused-ring (bicyclic) bond motifs is 1. The summed E-state index contributed by atoms with van der Waals surface area (Å²) in [7, 11) is 0. The first kappa shape index (κ1) is 23.7. The zero-order chi connectivity index (χ0) is 23.6. The second-order valence-corrected chi connectivity index (χ2v) is 8.76. The maximum absolute atomic E-state index is 13.4. The standard InChI is InChI=1S/C25H31FN2O4/c1-15(2)19(14-29)12-24(30)18-9-10-22-23(11-18)27(16(3)4)25(31)28(22)20-7-6-8-21(13-20)32-17(5)26/h6-11,13,15-17,19,29H,12,14H2,1-5H3/t17?,19-/m1/s1. The first-order valence-corrected chi connectivity index (χ1v) is 11.0. The molecule has 2 atom stereocenters. The maximum Gasteiger partial charge on any atom is 0.333 e. The van der Waals surface area contributed by atoms with Gasteiger partial charge in [-0.05, 0) is 56.0 Å². The summed E-state index contributed by atoms with van der Waals surface area (Å²) in [4.78, 5) is 26.2. The Morgan fingerprint density at radius 1 is 1.06 bits per heavy atom. The molecule has 1 heterocycles. The number of nitrogens with zero attached hydrogens (tertiary/aromatic N) is 2. The molecule has 2 aromatic carbocycles. The largest absolute Gasteiger partial charge is 0.461 e. The molecule has 1 aromatic heterocycles. The monoisotopic (exact) mass is 442 g/mol. The molecule has 0 aliphatic rings. The number of aromatic nitrogens is 2. The molecule has 3 rings (SSSR count). The normalized spacial score (nSPS) is 13.7. The van der Waals surface area contributed by atoms with Crippen molar-refractivity contribution in [3.05, 3.63) is 58.5 Å². The molecule has 0 saturated heterocycles. The Morgan fingerprint density at radius 2 is 1.78 bits per heavy atom. The summed E-state index contributed by atoms with van der Waals surface area (Å²) in [5, 5.41) is 9.59. The molecule has 7 heteroatoms. The number of alkyl halides is 1. The van der Waals surface area contributed by atoms with Gasteiger partial charge in [0, 0.05) is 37.6 Å². The first-order chi connectivity index (χ1) is 15.1. The van der Waals surface area contributed by atoms with Crippen molar-refractivity contribution in [3.8, 4) is 11.4 Å². The van der Waals surface area contributed by atoms with Gasteiger partial charge in [-0.15, -0.1) is 0 Å². The average Bonchev–Trinajstić information content (AvgIpc) is 3.02. The lowest BCUT2D eigenvalue weighted by Gasteiger charge is -2.17. The molecule has 0 bridgehead atoms. The number of ether oxygens (including phenoxy) is 1. The highest BCUT2D eigenvalue weighted by molar-refractivity contribution is 5.99. The predicted molar refractivity (Wildman–Crippen MR) is 123 cm³/mol. The first-order valence-electron chi connectivity index (χ1n) is 11.0. The lowest BCUT2D eigenvalue weighted by molar-refractivity contribution is 0.0860. The van der Waals surface area contributed by atoms with Crippen molar-refractivity contribution in [3.63, 3.8) is 0 Å². The fourth-order valence-corrected chi connectivity index (χ4v) is 3.89. The van der Waals surface area contributed by atoms with Gasteiger partial charge in [-0.25, -0.2) is 9.18 Å². The minimum Gasteiger partial charge on any atom is -0.461 e. The summed E-state index contributed by atoms with van der Waals surface area (Å²) in [5.74, 6) is 0.327. The van der Waals surface area contributed by atoms with E-state index < -0.39 is 6.36 Å². The summed E-state index contributed by atoms with van der Waals surface area (Å²) in [5.41, 5.74) is 2.10. The number of rotatable bonds is 9. The van der Waals surface area contributed by atoms with Crippen LogP contribution in [0.3, 0.4) is 0 Å². The number of benzene rings is 2. The Hall–Kier alpha value is -2.93. The van der Waals surface area contributed by atoms with E-state index >= 15 is 0 Å². The number of carbonyl (C=O) groups is 1. The highest BCUT2D eigenvalue weighted by atomic mass is 19.1. The second-order valence-electron chi connectivity index (χ2n) is 8.76. The molecule has 0 spiro atoms. The molecule has 0 aliphatic heterocycles. The Labute approximate surface area is 187 Å². The number of imidazole rings is 1. The number of halogens is 1. The van der Waals surface area contributed by atoms with Gasteiger partial charge < -0.3 is 9.84 Å². The van der Waals surface area contributed by atoms with Gasteiger partial charge in [0.2, 0.25) is 6.36 Å². The van der Waals surface area contributed by atoms with Crippen LogP contribution in [0.4, 0.5) is 4.39 Å². The third kappa shape index (κ3) is 4.78. The number of ketones is 1. The Bertz CT molecular complexity index is 1160. The fourth-order valence-electron chi connectivity index (χ4n) is 3.89. The molecular formula is C25H31FN2O4. The van der Waals surface area contributed by atoms with Crippen molar-refractivity contribution in [2.45, 2.75) is 53.4 Å². The Kier molecular flexibility index (Phi) is 7.19. The van der Waals surface area contributed by atoms with Gasteiger partial charge in [-0.1, -0.05) is 19.9 Å². The number of carbonyl (C=O) groups excluding carboxylic acids is 1. The van der Waals surface area contributed by atoms with Crippen LogP contribution >= 0.6 is 0 Å². The molecular weight excluding hydrogens is 411 g/mol. The van der Waals surface area contributed by atoms with Crippen LogP contribution in [0.1, 0.15) is 57.4 Å². The summed E-state index contributed by atoms with van der Waals surface area (Å²) in [6, 6.07) is 11.8. The fraction of sp³-hybridized carbons (Fsp3) is 0.440. The molecule has 1 unspecified atom stereocenters. The van der Waals surface area contributed by atoms with Gasteiger partial charge in [0.25, 0.3) is 0 Å². The van der Waals surface area contributed by atoms with Gasteiger partial charge in [0.05, 0.1) is 16.7 Å². The molecule has 0 fully saturated rings. The van der Waals surface area contributed by atoms with E-state index in [2.05, 4.69) is 0 Å². The van der Waals surface area contributed by atoms with Gasteiger partial charge in [-0.2, -0.15) is 0 Å². The highest BCUT2D eigenvalue weighted by Gasteiger charge is 2.21. The zero-order valence-corrected chi connectivity index (χ0v) is 19.2. The zero-order valence-electron chi connectivity index (χ0n) is 19.2. The topological polar surface area (TPSA) is 73.5 Å². The second kappa shape index (κ2) is 9.69. The number of hydrogen-bond donors (Lipinski definition) is 1. The van der Waals surface area contributed by atoms with E-state index in [1.54, 1.807) is 51.6 Å². The smallest absolute Gasteiger partial charge is 0.333 e. The van der Waals surface area contributed by atoms with Crippen LogP contribution in [0.15, 0.2) is 47.3 Å². The van der Waals surface area contributed by atoms with Crippen LogP contribution in [0.25, 0.3) is 16.7 Å². The summed E-state index contributed by atoms with van der Waals surface area (Å²) in [6.07, 6.45) is -1.23. The van der Waals surface area contributed by atoms with Crippen LogP contribution in [-0.4, -0.2) is 33.0 Å². The highest BCUT2D eigenvalue weighted by Crippen LogP contribution is 2.26. The van der Waals surface area contributed by atoms with Crippen LogP contribution in [-0.2, 0) is 0 Å². The Morgan fingerprint density at radius 3 is 2.38 bits per heavy atom. The number of aliphatic hydroxyl groups is 1.